The quantitative estimate of drug-likeness (QED) is 0.655. The van der Waals surface area contributed by atoms with Crippen LogP contribution in [0.3, 0.4) is 0 Å². The summed E-state index contributed by atoms with van der Waals surface area (Å²) in [5, 5.41) is 8.74. The molecule has 1 atom stereocenters. The van der Waals surface area contributed by atoms with E-state index in [0.29, 0.717) is 11.5 Å². The summed E-state index contributed by atoms with van der Waals surface area (Å²) in [7, 11) is 0. The number of aliphatic carboxylic acids is 1. The van der Waals surface area contributed by atoms with Gasteiger partial charge in [-0.2, -0.15) is 0 Å². The lowest BCUT2D eigenvalue weighted by Gasteiger charge is -2.06. The van der Waals surface area contributed by atoms with Gasteiger partial charge in [-0.05, 0) is 12.8 Å². The molecule has 0 fully saturated rings. The zero-order valence-corrected chi connectivity index (χ0v) is 7.87. The van der Waals surface area contributed by atoms with Crippen LogP contribution in [-0.2, 0) is 4.79 Å². The van der Waals surface area contributed by atoms with Crippen molar-refractivity contribution in [2.45, 2.75) is 20.8 Å². The van der Waals surface area contributed by atoms with Gasteiger partial charge < -0.3 is 5.11 Å². The first kappa shape index (κ1) is 11.0. The lowest BCUT2D eigenvalue weighted by atomic mass is 10.0. The fourth-order valence-electron chi connectivity index (χ4n) is 0.791. The number of hydrogen-bond donors (Lipinski definition) is 1. The molecule has 0 aromatic carbocycles. The molecule has 0 rings (SSSR count). The van der Waals surface area contributed by atoms with E-state index < -0.39 is 11.9 Å². The monoisotopic (exact) mass is 168 g/mol. The molecule has 0 bridgehead atoms. The third-order valence-electron chi connectivity index (χ3n) is 1.49. The van der Waals surface area contributed by atoms with Crippen molar-refractivity contribution in [3.05, 3.63) is 24.3 Å². The summed E-state index contributed by atoms with van der Waals surface area (Å²) in [4.78, 5) is 10.6. The second-order valence-electron chi connectivity index (χ2n) is 3.29. The van der Waals surface area contributed by atoms with Crippen LogP contribution in [0.2, 0.25) is 0 Å². The van der Waals surface area contributed by atoms with Crippen molar-refractivity contribution in [2.75, 3.05) is 0 Å². The summed E-state index contributed by atoms with van der Waals surface area (Å²) in [6.45, 7) is 9.36. The Balaban J connectivity index is 4.34. The van der Waals surface area contributed by atoms with Gasteiger partial charge in [0, 0.05) is 0 Å². The van der Waals surface area contributed by atoms with Crippen LogP contribution in [0.1, 0.15) is 20.8 Å². The van der Waals surface area contributed by atoms with Gasteiger partial charge in [0.1, 0.15) is 0 Å². The highest BCUT2D eigenvalue weighted by Gasteiger charge is 2.13. The molecule has 0 saturated heterocycles. The first-order valence-electron chi connectivity index (χ1n) is 4.01. The predicted octanol–water partition coefficient (Wildman–Crippen LogP) is 2.48. The molecule has 0 aliphatic heterocycles. The van der Waals surface area contributed by atoms with Gasteiger partial charge in [0.05, 0.1) is 5.92 Å². The highest BCUT2D eigenvalue weighted by atomic mass is 16.4. The first-order valence-corrected chi connectivity index (χ1v) is 4.01. The molecule has 0 aromatic rings. The smallest absolute Gasteiger partial charge is 0.314 e. The molecule has 2 heteroatoms. The molecule has 0 aromatic heterocycles. The average molecular weight is 168 g/mol. The molecule has 2 nitrogen and oxygen atoms in total. The topological polar surface area (TPSA) is 37.3 Å². The maximum Gasteiger partial charge on any atom is 0.314 e. The van der Waals surface area contributed by atoms with E-state index in [1.54, 1.807) is 13.0 Å². The first-order chi connectivity index (χ1) is 5.45. The molecule has 0 unspecified atom stereocenters. The summed E-state index contributed by atoms with van der Waals surface area (Å²) in [6, 6.07) is 0. The summed E-state index contributed by atoms with van der Waals surface area (Å²) >= 11 is 0. The zero-order chi connectivity index (χ0) is 9.72. The van der Waals surface area contributed by atoms with Crippen LogP contribution in [-0.4, -0.2) is 11.1 Å². The molecule has 12 heavy (non-hydrogen) atoms. The Bertz CT molecular complexity index is 188. The lowest BCUT2D eigenvalue weighted by Crippen LogP contribution is -2.11. The van der Waals surface area contributed by atoms with Crippen LogP contribution in [0.5, 0.6) is 0 Å². The number of rotatable bonds is 4. The van der Waals surface area contributed by atoms with Gasteiger partial charge >= 0.3 is 5.97 Å². The van der Waals surface area contributed by atoms with Gasteiger partial charge in [0.2, 0.25) is 0 Å². The Labute approximate surface area is 73.6 Å². The Morgan fingerprint density at radius 1 is 1.42 bits per heavy atom. The second-order valence-corrected chi connectivity index (χ2v) is 3.29. The minimum absolute atomic E-state index is 0.381. The molecule has 68 valence electrons. The minimum Gasteiger partial charge on any atom is -0.481 e. The van der Waals surface area contributed by atoms with E-state index in [9.17, 15) is 4.79 Å². The minimum atomic E-state index is -0.834. The van der Waals surface area contributed by atoms with Crippen LogP contribution in [0.4, 0.5) is 0 Å². The summed E-state index contributed by atoms with van der Waals surface area (Å²) in [6.07, 6.45) is 3.57. The second kappa shape index (κ2) is 4.75. The van der Waals surface area contributed by atoms with E-state index in [0.717, 1.165) is 0 Å². The van der Waals surface area contributed by atoms with Crippen LogP contribution in [0.25, 0.3) is 0 Å². The third kappa shape index (κ3) is 3.96. The summed E-state index contributed by atoms with van der Waals surface area (Å²) < 4.78 is 0. The highest BCUT2D eigenvalue weighted by molar-refractivity contribution is 5.75. The van der Waals surface area contributed by atoms with Crippen LogP contribution in [0.15, 0.2) is 24.3 Å². The summed E-state index contributed by atoms with van der Waals surface area (Å²) in [5.74, 6) is -0.988. The van der Waals surface area contributed by atoms with Crippen molar-refractivity contribution >= 4 is 5.97 Å². The Hall–Kier alpha value is -1.05. The highest BCUT2D eigenvalue weighted by Crippen LogP contribution is 2.11. The maximum atomic E-state index is 10.6. The van der Waals surface area contributed by atoms with E-state index in [1.165, 1.54) is 0 Å². The van der Waals surface area contributed by atoms with Gasteiger partial charge in [-0.25, -0.2) is 0 Å². The van der Waals surface area contributed by atoms with E-state index in [2.05, 4.69) is 6.58 Å². The average Bonchev–Trinajstić information content (AvgIpc) is 1.84. The van der Waals surface area contributed by atoms with E-state index in [-0.39, 0.29) is 0 Å². The van der Waals surface area contributed by atoms with E-state index >= 15 is 0 Å². The maximum absolute atomic E-state index is 10.6. The van der Waals surface area contributed by atoms with Crippen molar-refractivity contribution in [3.63, 3.8) is 0 Å². The largest absolute Gasteiger partial charge is 0.481 e. The van der Waals surface area contributed by atoms with Crippen molar-refractivity contribution in [2.24, 2.45) is 11.8 Å². The van der Waals surface area contributed by atoms with Crippen molar-refractivity contribution < 1.29 is 9.90 Å². The Morgan fingerprint density at radius 3 is 2.17 bits per heavy atom. The van der Waals surface area contributed by atoms with Gasteiger partial charge in [0.25, 0.3) is 0 Å². The van der Waals surface area contributed by atoms with E-state index in [4.69, 9.17) is 5.11 Å². The van der Waals surface area contributed by atoms with Gasteiger partial charge in [0.15, 0.2) is 0 Å². The molecule has 0 radical (unpaired) electrons. The molecule has 0 amide bonds. The zero-order valence-electron chi connectivity index (χ0n) is 7.87. The van der Waals surface area contributed by atoms with Crippen molar-refractivity contribution in [3.8, 4) is 0 Å². The Morgan fingerprint density at radius 2 is 1.92 bits per heavy atom. The van der Waals surface area contributed by atoms with Gasteiger partial charge in [-0.3, -0.25) is 4.79 Å². The molecule has 0 aliphatic carbocycles. The third-order valence-corrected chi connectivity index (χ3v) is 1.49. The molecule has 1 N–H and O–H groups in total. The molecular weight excluding hydrogens is 152 g/mol. The number of carboxylic acids is 1. The van der Waals surface area contributed by atoms with Crippen LogP contribution in [0, 0.1) is 11.8 Å². The summed E-state index contributed by atoms with van der Waals surface area (Å²) in [5.41, 5.74) is 0.666. The molecule has 0 saturated carbocycles. The fourth-order valence-corrected chi connectivity index (χ4v) is 0.791. The number of hydrogen-bond acceptors (Lipinski definition) is 1. The molecule has 0 heterocycles. The predicted molar refractivity (Wildman–Crippen MR) is 49.9 cm³/mol. The number of carbonyl (C=O) groups is 1. The Kier molecular flexibility index (Phi) is 4.34. The van der Waals surface area contributed by atoms with Crippen molar-refractivity contribution in [1.29, 1.82) is 0 Å². The standard InChI is InChI=1S/C10H16O2/c1-7(2)5-6-9(8(3)4)10(11)12/h5-7,9H,3H2,1-2,4H3,(H,11,12)/b6-5+/t9-/m1/s1. The molecular formula is C10H16O2. The van der Waals surface area contributed by atoms with Crippen LogP contribution >= 0.6 is 0 Å². The molecule has 0 spiro atoms. The number of carboxylic acid groups (broad SMARTS) is 1. The SMILES string of the molecule is C=C(C)[C@@H](/C=C/C(C)C)C(=O)O. The normalized spacial score (nSPS) is 13.7. The fraction of sp³-hybridized carbons (Fsp3) is 0.500. The van der Waals surface area contributed by atoms with E-state index in [1.807, 2.05) is 19.9 Å². The van der Waals surface area contributed by atoms with Crippen LogP contribution < -0.4 is 0 Å². The lowest BCUT2D eigenvalue weighted by molar-refractivity contribution is -0.138. The molecule has 0 aliphatic rings. The van der Waals surface area contributed by atoms with Gasteiger partial charge in [-0.15, -0.1) is 0 Å². The van der Waals surface area contributed by atoms with Gasteiger partial charge in [-0.1, -0.05) is 38.2 Å². The van der Waals surface area contributed by atoms with Crippen molar-refractivity contribution in [1.82, 2.24) is 0 Å². The number of allylic oxidation sites excluding steroid dienone is 1.